The zero-order valence-electron chi connectivity index (χ0n) is 11.7. The summed E-state index contributed by atoms with van der Waals surface area (Å²) in [5.74, 6) is 1.34. The van der Waals surface area contributed by atoms with Crippen LogP contribution in [0.2, 0.25) is 0 Å². The highest BCUT2D eigenvalue weighted by Gasteiger charge is 2.12. The molecule has 0 saturated carbocycles. The Labute approximate surface area is 117 Å². The normalized spacial score (nSPS) is 10.2. The Kier molecular flexibility index (Phi) is 4.24. The van der Waals surface area contributed by atoms with Gasteiger partial charge in [0.2, 0.25) is 0 Å². The van der Waals surface area contributed by atoms with Gasteiger partial charge in [-0.3, -0.25) is 9.89 Å². The lowest BCUT2D eigenvalue weighted by Gasteiger charge is -2.09. The number of ether oxygens (including phenoxy) is 2. The summed E-state index contributed by atoms with van der Waals surface area (Å²) < 4.78 is 10.3. The molecule has 0 saturated heterocycles. The maximum absolute atomic E-state index is 12.1. The second kappa shape index (κ2) is 6.10. The van der Waals surface area contributed by atoms with Crippen molar-refractivity contribution in [1.82, 2.24) is 10.2 Å². The summed E-state index contributed by atoms with van der Waals surface area (Å²) in [5, 5.41) is 9.58. The summed E-state index contributed by atoms with van der Waals surface area (Å²) in [4.78, 5) is 12.1. The molecule has 20 heavy (non-hydrogen) atoms. The van der Waals surface area contributed by atoms with E-state index in [4.69, 9.17) is 9.47 Å². The molecule has 0 radical (unpaired) electrons. The number of amides is 1. The molecule has 6 heteroatoms. The van der Waals surface area contributed by atoms with Gasteiger partial charge in [-0.1, -0.05) is 6.92 Å². The largest absolute Gasteiger partial charge is 0.493 e. The molecule has 2 rings (SSSR count). The number of anilines is 1. The van der Waals surface area contributed by atoms with Crippen LogP contribution in [0.15, 0.2) is 24.3 Å². The average Bonchev–Trinajstić information content (AvgIpc) is 2.94. The molecule has 2 aromatic rings. The van der Waals surface area contributed by atoms with Crippen molar-refractivity contribution in [1.29, 1.82) is 0 Å². The molecular weight excluding hydrogens is 258 g/mol. The summed E-state index contributed by atoms with van der Waals surface area (Å²) >= 11 is 0. The molecular formula is C14H17N3O3. The van der Waals surface area contributed by atoms with E-state index in [9.17, 15) is 4.79 Å². The van der Waals surface area contributed by atoms with E-state index in [1.807, 2.05) is 6.92 Å². The Balaban J connectivity index is 2.16. The number of rotatable bonds is 5. The molecule has 1 heterocycles. The monoisotopic (exact) mass is 275 g/mol. The molecule has 0 aliphatic carbocycles. The number of H-pyrrole nitrogens is 1. The van der Waals surface area contributed by atoms with Gasteiger partial charge < -0.3 is 14.8 Å². The average molecular weight is 275 g/mol. The summed E-state index contributed by atoms with van der Waals surface area (Å²) in [6, 6.07) is 6.79. The highest BCUT2D eigenvalue weighted by Crippen LogP contribution is 2.27. The van der Waals surface area contributed by atoms with Gasteiger partial charge in [-0.2, -0.15) is 5.10 Å². The maximum Gasteiger partial charge on any atom is 0.257 e. The summed E-state index contributed by atoms with van der Waals surface area (Å²) in [5.41, 5.74) is 1.44. The molecule has 0 aliphatic heterocycles. The van der Waals surface area contributed by atoms with E-state index in [1.165, 1.54) is 7.11 Å². The third-order valence-corrected chi connectivity index (χ3v) is 2.90. The number of aromatic nitrogens is 2. The van der Waals surface area contributed by atoms with E-state index in [1.54, 1.807) is 31.4 Å². The standard InChI is InChI=1S/C14H17N3O3/c1-4-10-8-13(17-16-10)15-14(18)9-5-6-11(19-2)12(7-9)20-3/h5-8H,4H2,1-3H3,(H2,15,16,17,18). The molecule has 6 nitrogen and oxygen atoms in total. The highest BCUT2D eigenvalue weighted by molar-refractivity contribution is 6.04. The molecule has 1 aromatic carbocycles. The predicted octanol–water partition coefficient (Wildman–Crippen LogP) is 2.24. The molecule has 1 aromatic heterocycles. The molecule has 0 fully saturated rings. The van der Waals surface area contributed by atoms with Crippen molar-refractivity contribution >= 4 is 11.7 Å². The van der Waals surface area contributed by atoms with Crippen molar-refractivity contribution < 1.29 is 14.3 Å². The van der Waals surface area contributed by atoms with Crippen LogP contribution >= 0.6 is 0 Å². The molecule has 0 unspecified atom stereocenters. The van der Waals surface area contributed by atoms with Gasteiger partial charge in [0, 0.05) is 17.3 Å². The van der Waals surface area contributed by atoms with Gasteiger partial charge in [0.25, 0.3) is 5.91 Å². The van der Waals surface area contributed by atoms with Crippen molar-refractivity contribution in [2.24, 2.45) is 0 Å². The number of carbonyl (C=O) groups is 1. The molecule has 1 amide bonds. The Morgan fingerprint density at radius 3 is 2.60 bits per heavy atom. The number of aryl methyl sites for hydroxylation is 1. The first kappa shape index (κ1) is 13.9. The Morgan fingerprint density at radius 1 is 1.25 bits per heavy atom. The molecule has 0 atom stereocenters. The maximum atomic E-state index is 12.1. The van der Waals surface area contributed by atoms with Crippen LogP contribution in [-0.2, 0) is 6.42 Å². The van der Waals surface area contributed by atoms with Crippen molar-refractivity contribution in [3.63, 3.8) is 0 Å². The van der Waals surface area contributed by atoms with Crippen LogP contribution in [0.3, 0.4) is 0 Å². The number of nitrogens with one attached hydrogen (secondary N) is 2. The predicted molar refractivity (Wildman–Crippen MR) is 75.5 cm³/mol. The third-order valence-electron chi connectivity index (χ3n) is 2.90. The van der Waals surface area contributed by atoms with Crippen molar-refractivity contribution in [3.8, 4) is 11.5 Å². The summed E-state index contributed by atoms with van der Waals surface area (Å²) in [7, 11) is 3.08. The van der Waals surface area contributed by atoms with E-state index >= 15 is 0 Å². The number of hydrogen-bond donors (Lipinski definition) is 2. The van der Waals surface area contributed by atoms with Gasteiger partial charge in [-0.05, 0) is 24.6 Å². The summed E-state index contributed by atoms with van der Waals surface area (Å²) in [6.07, 6.45) is 0.833. The Bertz CT molecular complexity index is 607. The lowest BCUT2D eigenvalue weighted by atomic mass is 10.2. The van der Waals surface area contributed by atoms with Gasteiger partial charge in [0.15, 0.2) is 17.3 Å². The second-order valence-electron chi connectivity index (χ2n) is 4.16. The molecule has 0 spiro atoms. The van der Waals surface area contributed by atoms with Crippen LogP contribution in [0.5, 0.6) is 11.5 Å². The fraction of sp³-hybridized carbons (Fsp3) is 0.286. The number of hydrogen-bond acceptors (Lipinski definition) is 4. The minimum Gasteiger partial charge on any atom is -0.493 e. The number of carbonyl (C=O) groups excluding carboxylic acids is 1. The lowest BCUT2D eigenvalue weighted by molar-refractivity contribution is 0.102. The lowest BCUT2D eigenvalue weighted by Crippen LogP contribution is -2.12. The first-order valence-corrected chi connectivity index (χ1v) is 6.25. The van der Waals surface area contributed by atoms with Crippen molar-refractivity contribution in [3.05, 3.63) is 35.5 Å². The SMILES string of the molecule is CCc1cc(NC(=O)c2ccc(OC)c(OC)c2)n[nH]1. The number of methoxy groups -OCH3 is 2. The Morgan fingerprint density at radius 2 is 2.00 bits per heavy atom. The minimum atomic E-state index is -0.250. The van der Waals surface area contributed by atoms with E-state index < -0.39 is 0 Å². The van der Waals surface area contributed by atoms with E-state index in [2.05, 4.69) is 15.5 Å². The van der Waals surface area contributed by atoms with Gasteiger partial charge in [0.05, 0.1) is 14.2 Å². The number of nitrogens with zero attached hydrogens (tertiary/aromatic N) is 1. The fourth-order valence-corrected chi connectivity index (χ4v) is 1.77. The zero-order chi connectivity index (χ0) is 14.5. The molecule has 0 bridgehead atoms. The minimum absolute atomic E-state index is 0.250. The third kappa shape index (κ3) is 2.90. The van der Waals surface area contributed by atoms with E-state index in [0.29, 0.717) is 22.9 Å². The van der Waals surface area contributed by atoms with Crippen LogP contribution < -0.4 is 14.8 Å². The zero-order valence-corrected chi connectivity index (χ0v) is 11.7. The van der Waals surface area contributed by atoms with E-state index in [-0.39, 0.29) is 5.91 Å². The van der Waals surface area contributed by atoms with Crippen LogP contribution in [0, 0.1) is 0 Å². The smallest absolute Gasteiger partial charge is 0.257 e. The first-order chi connectivity index (χ1) is 9.67. The number of aromatic amines is 1. The molecule has 106 valence electrons. The van der Waals surface area contributed by atoms with Crippen molar-refractivity contribution in [2.75, 3.05) is 19.5 Å². The summed E-state index contributed by atoms with van der Waals surface area (Å²) in [6.45, 7) is 2.01. The molecule has 2 N–H and O–H groups in total. The number of benzene rings is 1. The van der Waals surface area contributed by atoms with Crippen LogP contribution in [0.1, 0.15) is 23.0 Å². The molecule has 0 aliphatic rings. The van der Waals surface area contributed by atoms with Crippen LogP contribution in [0.25, 0.3) is 0 Å². The van der Waals surface area contributed by atoms with Gasteiger partial charge in [-0.15, -0.1) is 0 Å². The van der Waals surface area contributed by atoms with Crippen molar-refractivity contribution in [2.45, 2.75) is 13.3 Å². The van der Waals surface area contributed by atoms with Gasteiger partial charge >= 0.3 is 0 Å². The Hall–Kier alpha value is -2.50. The van der Waals surface area contributed by atoms with Crippen LogP contribution in [0.4, 0.5) is 5.82 Å². The van der Waals surface area contributed by atoms with Gasteiger partial charge in [0.1, 0.15) is 0 Å². The second-order valence-corrected chi connectivity index (χ2v) is 4.16. The topological polar surface area (TPSA) is 76.2 Å². The highest BCUT2D eigenvalue weighted by atomic mass is 16.5. The first-order valence-electron chi connectivity index (χ1n) is 6.25. The quantitative estimate of drug-likeness (QED) is 0.877. The van der Waals surface area contributed by atoms with E-state index in [0.717, 1.165) is 12.1 Å². The van der Waals surface area contributed by atoms with Crippen LogP contribution in [-0.4, -0.2) is 30.3 Å². The van der Waals surface area contributed by atoms with Gasteiger partial charge in [-0.25, -0.2) is 0 Å². The fourth-order valence-electron chi connectivity index (χ4n) is 1.77.